The van der Waals surface area contributed by atoms with Crippen LogP contribution in [0.4, 0.5) is 0 Å². The predicted octanol–water partition coefficient (Wildman–Crippen LogP) is 5.82. The Kier molecular flexibility index (Phi) is 6.14. The van der Waals surface area contributed by atoms with Gasteiger partial charge in [-0.15, -0.1) is 0 Å². The van der Waals surface area contributed by atoms with E-state index in [-0.39, 0.29) is 27.8 Å². The summed E-state index contributed by atoms with van der Waals surface area (Å²) >= 11 is 0. The monoisotopic (exact) mass is 309 g/mol. The fourth-order valence-corrected chi connectivity index (χ4v) is 4.31. The lowest BCUT2D eigenvalue weighted by Gasteiger charge is -2.52. The zero-order chi connectivity index (χ0) is 18.1. The number of hydrogen-bond acceptors (Lipinski definition) is 1. The third kappa shape index (κ3) is 6.54. The first-order valence-corrected chi connectivity index (χ1v) is 8.39. The van der Waals surface area contributed by atoms with Crippen molar-refractivity contribution < 1.29 is 4.79 Å². The van der Waals surface area contributed by atoms with E-state index in [4.69, 9.17) is 0 Å². The highest BCUT2D eigenvalue weighted by Crippen LogP contribution is 2.40. The molecule has 0 aromatic carbocycles. The molecule has 0 heterocycles. The molecule has 0 aromatic heterocycles. The maximum Gasteiger partial charge on any atom is 0.249 e. The van der Waals surface area contributed by atoms with Crippen molar-refractivity contribution in [3.63, 3.8) is 0 Å². The second kappa shape index (κ2) is 6.37. The Morgan fingerprint density at radius 2 is 1.05 bits per heavy atom. The van der Waals surface area contributed by atoms with Gasteiger partial charge in [0.05, 0.1) is 0 Å². The van der Waals surface area contributed by atoms with E-state index in [2.05, 4.69) is 80.7 Å². The second-order valence-corrected chi connectivity index (χ2v) is 10.5. The SMILES string of the molecule is C=C(C)C(=O)N(C(C)(C)CC(C)(C)C)C(C)(C)CC(C)(C)C. The smallest absolute Gasteiger partial charge is 0.249 e. The van der Waals surface area contributed by atoms with Gasteiger partial charge in [-0.3, -0.25) is 4.79 Å². The van der Waals surface area contributed by atoms with Crippen LogP contribution in [0.25, 0.3) is 0 Å². The first-order chi connectivity index (χ1) is 9.39. The Morgan fingerprint density at radius 3 is 1.23 bits per heavy atom. The van der Waals surface area contributed by atoms with Gasteiger partial charge in [-0.25, -0.2) is 0 Å². The maximum atomic E-state index is 12.9. The standard InChI is InChI=1S/C20H39NO/c1-15(2)16(22)21(19(9,10)13-17(3,4)5)20(11,12)14-18(6,7)8/h1,13-14H2,2-12H3. The van der Waals surface area contributed by atoms with Gasteiger partial charge in [0.1, 0.15) is 0 Å². The molecule has 1 amide bonds. The minimum Gasteiger partial charge on any atom is -0.329 e. The molecule has 2 heteroatoms. The first-order valence-electron chi connectivity index (χ1n) is 8.39. The molecule has 0 rings (SSSR count). The third-order valence-electron chi connectivity index (χ3n) is 3.70. The number of nitrogens with zero attached hydrogens (tertiary/aromatic N) is 1. The van der Waals surface area contributed by atoms with E-state index in [1.54, 1.807) is 0 Å². The van der Waals surface area contributed by atoms with Crippen LogP contribution in [0.3, 0.4) is 0 Å². The molecule has 0 N–H and O–H groups in total. The van der Waals surface area contributed by atoms with Crippen molar-refractivity contribution in [1.82, 2.24) is 4.90 Å². The van der Waals surface area contributed by atoms with Crippen molar-refractivity contribution in [3.8, 4) is 0 Å². The summed E-state index contributed by atoms with van der Waals surface area (Å²) in [5.41, 5.74) is 0.500. The Morgan fingerprint density at radius 1 is 0.773 bits per heavy atom. The summed E-state index contributed by atoms with van der Waals surface area (Å²) in [6.07, 6.45) is 1.90. The summed E-state index contributed by atoms with van der Waals surface area (Å²) in [4.78, 5) is 15.0. The van der Waals surface area contributed by atoms with Crippen molar-refractivity contribution in [1.29, 1.82) is 0 Å². The van der Waals surface area contributed by atoms with Crippen molar-refractivity contribution in [2.45, 2.75) is 100 Å². The number of amides is 1. The van der Waals surface area contributed by atoms with Crippen LogP contribution in [0.15, 0.2) is 12.2 Å². The zero-order valence-corrected chi connectivity index (χ0v) is 17.0. The normalized spacial score (nSPS) is 14.0. The van der Waals surface area contributed by atoms with Gasteiger partial charge in [-0.05, 0) is 58.3 Å². The molecule has 0 aliphatic heterocycles. The van der Waals surface area contributed by atoms with E-state index in [0.29, 0.717) is 5.57 Å². The Hall–Kier alpha value is -0.790. The maximum absolute atomic E-state index is 12.9. The van der Waals surface area contributed by atoms with Crippen molar-refractivity contribution in [2.75, 3.05) is 0 Å². The number of carbonyl (C=O) groups is 1. The summed E-state index contributed by atoms with van der Waals surface area (Å²) < 4.78 is 0. The Balaban J connectivity index is 5.85. The van der Waals surface area contributed by atoms with Gasteiger partial charge in [0.15, 0.2) is 0 Å². The quantitative estimate of drug-likeness (QED) is 0.586. The largest absolute Gasteiger partial charge is 0.329 e. The zero-order valence-electron chi connectivity index (χ0n) is 17.0. The molecular weight excluding hydrogens is 270 g/mol. The topological polar surface area (TPSA) is 20.3 Å². The molecule has 0 atom stereocenters. The fourth-order valence-electron chi connectivity index (χ4n) is 4.31. The third-order valence-corrected chi connectivity index (χ3v) is 3.70. The number of carbonyl (C=O) groups excluding carboxylic acids is 1. The van der Waals surface area contributed by atoms with Gasteiger partial charge >= 0.3 is 0 Å². The second-order valence-electron chi connectivity index (χ2n) is 10.5. The summed E-state index contributed by atoms with van der Waals surface area (Å²) in [5.74, 6) is 0.0727. The molecule has 0 aliphatic carbocycles. The highest BCUT2D eigenvalue weighted by atomic mass is 16.2. The molecule has 22 heavy (non-hydrogen) atoms. The van der Waals surface area contributed by atoms with Gasteiger partial charge in [0.2, 0.25) is 5.91 Å². The molecule has 0 saturated heterocycles. The van der Waals surface area contributed by atoms with Crippen LogP contribution >= 0.6 is 0 Å². The van der Waals surface area contributed by atoms with E-state index in [1.165, 1.54) is 0 Å². The summed E-state index contributed by atoms with van der Waals surface area (Å²) in [5, 5.41) is 0. The van der Waals surface area contributed by atoms with Crippen LogP contribution in [-0.2, 0) is 4.79 Å². The van der Waals surface area contributed by atoms with E-state index >= 15 is 0 Å². The van der Waals surface area contributed by atoms with E-state index in [0.717, 1.165) is 12.8 Å². The highest BCUT2D eigenvalue weighted by Gasteiger charge is 2.44. The van der Waals surface area contributed by atoms with E-state index in [1.807, 2.05) is 6.92 Å². The van der Waals surface area contributed by atoms with Gasteiger partial charge in [-0.2, -0.15) is 0 Å². The predicted molar refractivity (Wildman–Crippen MR) is 98.0 cm³/mol. The molecule has 0 spiro atoms. The Bertz CT molecular complexity index is 388. The molecule has 0 aromatic rings. The number of hydrogen-bond donors (Lipinski definition) is 0. The lowest BCUT2D eigenvalue weighted by atomic mass is 9.75. The number of rotatable bonds is 5. The lowest BCUT2D eigenvalue weighted by molar-refractivity contribution is -0.143. The molecule has 0 radical (unpaired) electrons. The average Bonchev–Trinajstić information content (AvgIpc) is 2.06. The molecule has 2 nitrogen and oxygen atoms in total. The molecule has 0 fully saturated rings. The summed E-state index contributed by atoms with van der Waals surface area (Å²) in [7, 11) is 0. The van der Waals surface area contributed by atoms with Crippen LogP contribution in [0, 0.1) is 10.8 Å². The van der Waals surface area contributed by atoms with Gasteiger partial charge < -0.3 is 4.90 Å². The molecule has 0 unspecified atom stereocenters. The molecular formula is C20H39NO. The van der Waals surface area contributed by atoms with Crippen LogP contribution in [0.1, 0.15) is 89.0 Å². The van der Waals surface area contributed by atoms with Crippen LogP contribution in [0.5, 0.6) is 0 Å². The molecule has 130 valence electrons. The fraction of sp³-hybridized carbons (Fsp3) is 0.850. The molecule has 0 aliphatic rings. The van der Waals surface area contributed by atoms with Gasteiger partial charge in [0, 0.05) is 16.7 Å². The van der Waals surface area contributed by atoms with Crippen LogP contribution < -0.4 is 0 Å². The van der Waals surface area contributed by atoms with Crippen molar-refractivity contribution >= 4 is 5.91 Å². The van der Waals surface area contributed by atoms with Crippen LogP contribution in [-0.4, -0.2) is 21.9 Å². The van der Waals surface area contributed by atoms with Gasteiger partial charge in [0.25, 0.3) is 0 Å². The highest BCUT2D eigenvalue weighted by molar-refractivity contribution is 5.93. The minimum absolute atomic E-state index is 0.0727. The van der Waals surface area contributed by atoms with Crippen molar-refractivity contribution in [3.05, 3.63) is 12.2 Å². The van der Waals surface area contributed by atoms with E-state index in [9.17, 15) is 4.79 Å². The van der Waals surface area contributed by atoms with Crippen LogP contribution in [0.2, 0.25) is 0 Å². The Labute approximate surface area is 139 Å². The van der Waals surface area contributed by atoms with Crippen molar-refractivity contribution in [2.24, 2.45) is 10.8 Å². The minimum atomic E-state index is -0.219. The molecule has 0 bridgehead atoms. The average molecular weight is 310 g/mol. The summed E-state index contributed by atoms with van der Waals surface area (Å²) in [6, 6.07) is 0. The first kappa shape index (κ1) is 21.2. The summed E-state index contributed by atoms with van der Waals surface area (Å²) in [6.45, 7) is 27.8. The van der Waals surface area contributed by atoms with E-state index < -0.39 is 0 Å². The van der Waals surface area contributed by atoms with Gasteiger partial charge in [-0.1, -0.05) is 48.1 Å². The lowest BCUT2D eigenvalue weighted by Crippen LogP contribution is -2.60. The molecule has 0 saturated carbocycles.